The first-order valence-corrected chi connectivity index (χ1v) is 16.4. The zero-order valence-corrected chi connectivity index (χ0v) is 28.2. The molecule has 0 saturated carbocycles. The van der Waals surface area contributed by atoms with E-state index in [-0.39, 0.29) is 42.1 Å². The first-order valence-electron chi connectivity index (χ1n) is 16.4. The molecule has 4 aromatic rings. The van der Waals surface area contributed by atoms with Gasteiger partial charge in [0.15, 0.2) is 0 Å². The van der Waals surface area contributed by atoms with E-state index in [9.17, 15) is 27.2 Å². The lowest BCUT2D eigenvalue weighted by Gasteiger charge is -2.26. The monoisotopic (exact) mass is 692 g/mol. The molecular formula is C38H40F4N4O4. The molecule has 1 aliphatic rings. The van der Waals surface area contributed by atoms with Crippen LogP contribution in [-0.4, -0.2) is 76.6 Å². The number of carbonyl (C=O) groups is 2. The Balaban J connectivity index is 1.39. The van der Waals surface area contributed by atoms with E-state index in [4.69, 9.17) is 9.47 Å². The second kappa shape index (κ2) is 15.6. The smallest absolute Gasteiger partial charge is 0.410 e. The van der Waals surface area contributed by atoms with Crippen LogP contribution >= 0.6 is 0 Å². The number of carbonyl (C=O) groups excluding carboxylic acids is 2. The third kappa shape index (κ3) is 9.73. The maximum atomic E-state index is 14.5. The summed E-state index contributed by atoms with van der Waals surface area (Å²) in [7, 11) is 0. The maximum Gasteiger partial charge on any atom is 0.410 e. The number of amides is 2. The molecule has 3 aromatic carbocycles. The van der Waals surface area contributed by atoms with Gasteiger partial charge in [0.2, 0.25) is 11.9 Å². The van der Waals surface area contributed by atoms with Gasteiger partial charge in [-0.25, -0.2) is 4.79 Å². The summed E-state index contributed by atoms with van der Waals surface area (Å²) in [4.78, 5) is 28.6. The lowest BCUT2D eigenvalue weighted by Crippen LogP contribution is -2.39. The molecule has 264 valence electrons. The molecule has 12 heteroatoms. The van der Waals surface area contributed by atoms with Gasteiger partial charge in [-0.05, 0) is 85.7 Å². The zero-order valence-electron chi connectivity index (χ0n) is 28.2. The number of H-pyrrole nitrogens is 1. The summed E-state index contributed by atoms with van der Waals surface area (Å²) >= 11 is 0. The van der Waals surface area contributed by atoms with Crippen molar-refractivity contribution < 1.29 is 36.6 Å². The minimum absolute atomic E-state index is 0.0271. The Morgan fingerprint density at radius 3 is 2.28 bits per heavy atom. The van der Waals surface area contributed by atoms with Crippen molar-refractivity contribution in [2.45, 2.75) is 51.8 Å². The van der Waals surface area contributed by atoms with Crippen molar-refractivity contribution in [1.29, 1.82) is 0 Å². The minimum atomic E-state index is -4.53. The highest BCUT2D eigenvalue weighted by molar-refractivity contribution is 6.00. The van der Waals surface area contributed by atoms with Crippen LogP contribution in [0.25, 0.3) is 22.0 Å². The van der Waals surface area contributed by atoms with E-state index < -0.39 is 30.2 Å². The number of aromatic nitrogens is 2. The lowest BCUT2D eigenvalue weighted by molar-refractivity contribution is -0.125. The van der Waals surface area contributed by atoms with Gasteiger partial charge in [0.1, 0.15) is 18.0 Å². The molecule has 1 fully saturated rings. The molecule has 2 heterocycles. The van der Waals surface area contributed by atoms with Gasteiger partial charge in [0.05, 0.1) is 23.9 Å². The molecular weight excluding hydrogens is 652 g/mol. The number of hydrogen-bond donors (Lipinski definition) is 1. The van der Waals surface area contributed by atoms with Crippen molar-refractivity contribution in [3.8, 4) is 5.75 Å². The Bertz CT molecular complexity index is 1840. The van der Waals surface area contributed by atoms with E-state index in [1.807, 2.05) is 0 Å². The summed E-state index contributed by atoms with van der Waals surface area (Å²) in [5, 5.41) is 6.33. The summed E-state index contributed by atoms with van der Waals surface area (Å²) < 4.78 is 68.2. The SMILES string of the molecule is CC(C)(C)OC(=O)N(C/C=C/C(=O)N1CCCC1)CCOc1ccc(/C(=C(/CC(F)(F)F)c2ccccc2)c2ccc3[nH]nc(F)c3c2)cc1. The number of nitrogens with one attached hydrogen (secondary N) is 1. The number of alkyl halides is 3. The van der Waals surface area contributed by atoms with Gasteiger partial charge >= 0.3 is 12.3 Å². The van der Waals surface area contributed by atoms with Gasteiger partial charge in [-0.1, -0.05) is 54.6 Å². The van der Waals surface area contributed by atoms with Gasteiger partial charge < -0.3 is 19.3 Å². The third-order valence-electron chi connectivity index (χ3n) is 8.03. The van der Waals surface area contributed by atoms with E-state index in [0.717, 1.165) is 25.9 Å². The standard InChI is InChI=1S/C38H40F4N4O4/c1-37(2,3)50-36(48)46(21-9-12-33(47)45-19-7-8-20-45)22-23-49-29-16-13-27(14-17-29)34(28-15-18-32-30(24-28)35(39)44-43-32)31(25-38(40,41)42)26-10-5-4-6-11-26/h4-6,9-18,24H,7-8,19-23,25H2,1-3H3,(H,43,44)/b12-9+,34-31+. The quantitative estimate of drug-likeness (QED) is 0.0969. The van der Waals surface area contributed by atoms with Gasteiger partial charge in [-0.3, -0.25) is 9.89 Å². The number of nitrogens with zero attached hydrogens (tertiary/aromatic N) is 3. The molecule has 1 saturated heterocycles. The fourth-order valence-corrected chi connectivity index (χ4v) is 5.73. The lowest BCUT2D eigenvalue weighted by atomic mass is 9.87. The molecule has 5 rings (SSSR count). The second-order valence-corrected chi connectivity index (χ2v) is 13.0. The van der Waals surface area contributed by atoms with Crippen LogP contribution < -0.4 is 4.74 Å². The molecule has 0 unspecified atom stereocenters. The van der Waals surface area contributed by atoms with Crippen molar-refractivity contribution in [2.75, 3.05) is 32.8 Å². The molecule has 50 heavy (non-hydrogen) atoms. The number of fused-ring (bicyclic) bond motifs is 1. The van der Waals surface area contributed by atoms with E-state index in [1.165, 1.54) is 17.0 Å². The summed E-state index contributed by atoms with van der Waals surface area (Å²) in [6, 6.07) is 19.6. The number of hydrogen-bond acceptors (Lipinski definition) is 5. The number of rotatable bonds is 11. The van der Waals surface area contributed by atoms with Crippen molar-refractivity contribution in [2.24, 2.45) is 0 Å². The molecule has 0 radical (unpaired) electrons. The highest BCUT2D eigenvalue weighted by Crippen LogP contribution is 2.40. The van der Waals surface area contributed by atoms with Crippen molar-refractivity contribution >= 4 is 34.0 Å². The van der Waals surface area contributed by atoms with E-state index in [0.29, 0.717) is 28.0 Å². The molecule has 8 nitrogen and oxygen atoms in total. The normalized spacial score (nSPS) is 14.3. The minimum Gasteiger partial charge on any atom is -0.492 e. The van der Waals surface area contributed by atoms with Gasteiger partial charge in [-0.2, -0.15) is 17.6 Å². The summed E-state index contributed by atoms with van der Waals surface area (Å²) in [5.41, 5.74) is 1.23. The number of benzene rings is 3. The van der Waals surface area contributed by atoms with Crippen LogP contribution in [0.15, 0.2) is 84.9 Å². The van der Waals surface area contributed by atoms with Crippen LogP contribution in [0.4, 0.5) is 22.4 Å². The predicted molar refractivity (Wildman–Crippen MR) is 184 cm³/mol. The first kappa shape index (κ1) is 36.2. The van der Waals surface area contributed by atoms with Crippen LogP contribution in [0.5, 0.6) is 5.75 Å². The van der Waals surface area contributed by atoms with Crippen LogP contribution in [0.3, 0.4) is 0 Å². The van der Waals surface area contributed by atoms with Crippen LogP contribution in [0.2, 0.25) is 0 Å². The highest BCUT2D eigenvalue weighted by atomic mass is 19.4. The average molecular weight is 693 g/mol. The number of ether oxygens (including phenoxy) is 2. The average Bonchev–Trinajstić information content (AvgIpc) is 3.74. The molecule has 0 aliphatic carbocycles. The molecule has 1 aliphatic heterocycles. The van der Waals surface area contributed by atoms with E-state index >= 15 is 0 Å². The topological polar surface area (TPSA) is 87.8 Å². The van der Waals surface area contributed by atoms with Crippen LogP contribution in [0.1, 0.15) is 56.7 Å². The molecule has 0 spiro atoms. The zero-order chi connectivity index (χ0) is 35.9. The van der Waals surface area contributed by atoms with Gasteiger partial charge in [0.25, 0.3) is 0 Å². The van der Waals surface area contributed by atoms with Crippen molar-refractivity contribution in [3.63, 3.8) is 0 Å². The Morgan fingerprint density at radius 2 is 1.62 bits per heavy atom. The number of allylic oxidation sites excluding steroid dienone is 1. The summed E-state index contributed by atoms with van der Waals surface area (Å²) in [6.45, 7) is 7.08. The number of aromatic amines is 1. The van der Waals surface area contributed by atoms with Crippen LogP contribution in [0, 0.1) is 5.95 Å². The summed E-state index contributed by atoms with van der Waals surface area (Å²) in [5.74, 6) is -0.432. The second-order valence-electron chi connectivity index (χ2n) is 13.0. The molecule has 1 aromatic heterocycles. The highest BCUT2D eigenvalue weighted by Gasteiger charge is 2.32. The maximum absolute atomic E-state index is 14.5. The predicted octanol–water partition coefficient (Wildman–Crippen LogP) is 8.41. The van der Waals surface area contributed by atoms with E-state index in [2.05, 4.69) is 10.2 Å². The van der Waals surface area contributed by atoms with Crippen LogP contribution in [-0.2, 0) is 9.53 Å². The summed E-state index contributed by atoms with van der Waals surface area (Å²) in [6.07, 6.45) is -1.26. The molecule has 2 amide bonds. The fraction of sp³-hybridized carbons (Fsp3) is 0.342. The first-order chi connectivity index (χ1) is 23.8. The van der Waals surface area contributed by atoms with Crippen molar-refractivity contribution in [3.05, 3.63) is 108 Å². The molecule has 0 atom stereocenters. The van der Waals surface area contributed by atoms with Gasteiger partial charge in [0, 0.05) is 25.7 Å². The third-order valence-corrected chi connectivity index (χ3v) is 8.03. The Kier molecular flexibility index (Phi) is 11.3. The molecule has 0 bridgehead atoms. The Morgan fingerprint density at radius 1 is 0.940 bits per heavy atom. The Labute approximate surface area is 288 Å². The molecule has 1 N–H and O–H groups in total. The van der Waals surface area contributed by atoms with Gasteiger partial charge in [-0.15, -0.1) is 5.10 Å². The largest absolute Gasteiger partial charge is 0.492 e. The number of likely N-dealkylation sites (tertiary alicyclic amines) is 1. The number of halogens is 4. The Hall–Kier alpha value is -5.13. The van der Waals surface area contributed by atoms with E-state index in [1.54, 1.807) is 98.5 Å². The fourth-order valence-electron chi connectivity index (χ4n) is 5.73. The van der Waals surface area contributed by atoms with Crippen molar-refractivity contribution in [1.82, 2.24) is 20.0 Å².